The molecular formula is C16H31IO2. The summed E-state index contributed by atoms with van der Waals surface area (Å²) < 4.78 is -0.0546. The molecule has 0 aliphatic heterocycles. The first-order chi connectivity index (χ1) is 8.87. The minimum absolute atomic E-state index is 0.0546. The van der Waals surface area contributed by atoms with Crippen molar-refractivity contribution in [2.45, 2.75) is 88.6 Å². The van der Waals surface area contributed by atoms with Crippen molar-refractivity contribution in [3.63, 3.8) is 0 Å². The monoisotopic (exact) mass is 382 g/mol. The van der Waals surface area contributed by atoms with Gasteiger partial charge in [-0.05, 0) is 25.2 Å². The summed E-state index contributed by atoms with van der Waals surface area (Å²) in [4.78, 5) is 12.5. The first-order valence-electron chi connectivity index (χ1n) is 7.78. The van der Waals surface area contributed by atoms with E-state index in [1.165, 1.54) is 0 Å². The number of alkyl halides is 1. The molecule has 0 bridgehead atoms. The van der Waals surface area contributed by atoms with Gasteiger partial charge in [-0.2, -0.15) is 0 Å². The standard InChI is InChI=1S/C16H31IO2/c1-5-7-9-11-16(19,10-8-6-2)15(18)14(17)12-13(3)4/h13-14,19H,5-12H2,1-4H3/t14?,16-/m1/s1. The van der Waals surface area contributed by atoms with Gasteiger partial charge in [-0.3, -0.25) is 4.79 Å². The van der Waals surface area contributed by atoms with Gasteiger partial charge >= 0.3 is 0 Å². The maximum Gasteiger partial charge on any atom is 0.177 e. The Bertz CT molecular complexity index is 253. The van der Waals surface area contributed by atoms with Crippen LogP contribution in [-0.2, 0) is 4.79 Å². The minimum Gasteiger partial charge on any atom is -0.382 e. The number of unbranched alkanes of at least 4 members (excludes halogenated alkanes) is 3. The Morgan fingerprint density at radius 1 is 1.11 bits per heavy atom. The topological polar surface area (TPSA) is 37.3 Å². The highest BCUT2D eigenvalue weighted by Gasteiger charge is 2.37. The van der Waals surface area contributed by atoms with Gasteiger partial charge in [0.2, 0.25) is 0 Å². The van der Waals surface area contributed by atoms with E-state index in [9.17, 15) is 9.90 Å². The number of halogens is 1. The van der Waals surface area contributed by atoms with Gasteiger partial charge in [0.05, 0.1) is 3.92 Å². The SMILES string of the molecule is CCCCC[C@](O)(CCCC)C(=O)C(I)CC(C)C. The summed E-state index contributed by atoms with van der Waals surface area (Å²) in [7, 11) is 0. The molecule has 0 radical (unpaired) electrons. The highest BCUT2D eigenvalue weighted by molar-refractivity contribution is 14.1. The lowest BCUT2D eigenvalue weighted by Crippen LogP contribution is -2.43. The average molecular weight is 382 g/mol. The number of rotatable bonds is 11. The molecule has 0 heterocycles. The predicted octanol–water partition coefficient (Wildman–Crippen LogP) is 4.91. The molecule has 0 aromatic heterocycles. The zero-order valence-electron chi connectivity index (χ0n) is 13.0. The van der Waals surface area contributed by atoms with E-state index in [1.54, 1.807) is 0 Å². The highest BCUT2D eigenvalue weighted by atomic mass is 127. The first-order valence-corrected chi connectivity index (χ1v) is 9.02. The van der Waals surface area contributed by atoms with E-state index < -0.39 is 5.60 Å². The second-order valence-corrected chi connectivity index (χ2v) is 7.56. The van der Waals surface area contributed by atoms with E-state index in [-0.39, 0.29) is 9.71 Å². The van der Waals surface area contributed by atoms with E-state index in [0.29, 0.717) is 18.8 Å². The van der Waals surface area contributed by atoms with Crippen molar-refractivity contribution in [3.05, 3.63) is 0 Å². The van der Waals surface area contributed by atoms with E-state index in [1.807, 2.05) is 0 Å². The second kappa shape index (κ2) is 10.1. The zero-order chi connectivity index (χ0) is 14.9. The third-order valence-electron chi connectivity index (χ3n) is 3.56. The molecule has 2 atom stereocenters. The lowest BCUT2D eigenvalue weighted by molar-refractivity contribution is -0.138. The molecule has 0 aromatic rings. The van der Waals surface area contributed by atoms with Gasteiger partial charge in [-0.25, -0.2) is 0 Å². The molecule has 0 aliphatic carbocycles. The Morgan fingerprint density at radius 2 is 1.63 bits per heavy atom. The van der Waals surface area contributed by atoms with E-state index in [2.05, 4.69) is 50.3 Å². The van der Waals surface area contributed by atoms with Crippen molar-refractivity contribution < 1.29 is 9.90 Å². The van der Waals surface area contributed by atoms with Crippen molar-refractivity contribution in [1.29, 1.82) is 0 Å². The predicted molar refractivity (Wildman–Crippen MR) is 90.9 cm³/mol. The smallest absolute Gasteiger partial charge is 0.177 e. The molecule has 0 aliphatic rings. The van der Waals surface area contributed by atoms with Crippen LogP contribution in [0, 0.1) is 5.92 Å². The molecule has 19 heavy (non-hydrogen) atoms. The first kappa shape index (κ1) is 19.4. The summed E-state index contributed by atoms with van der Waals surface area (Å²) in [6.45, 7) is 8.50. The molecule has 0 spiro atoms. The number of hydrogen-bond donors (Lipinski definition) is 1. The van der Waals surface area contributed by atoms with Crippen LogP contribution >= 0.6 is 22.6 Å². The average Bonchev–Trinajstić information content (AvgIpc) is 2.35. The van der Waals surface area contributed by atoms with Crippen LogP contribution < -0.4 is 0 Å². The van der Waals surface area contributed by atoms with Crippen LogP contribution in [0.1, 0.15) is 79.1 Å². The van der Waals surface area contributed by atoms with Gasteiger partial charge in [0.25, 0.3) is 0 Å². The van der Waals surface area contributed by atoms with Crippen molar-refractivity contribution in [1.82, 2.24) is 0 Å². The largest absolute Gasteiger partial charge is 0.382 e. The molecule has 1 N–H and O–H groups in total. The third kappa shape index (κ3) is 7.64. The van der Waals surface area contributed by atoms with Crippen LogP contribution in [0.4, 0.5) is 0 Å². The van der Waals surface area contributed by atoms with Gasteiger partial charge in [0.1, 0.15) is 5.60 Å². The van der Waals surface area contributed by atoms with Crippen molar-refractivity contribution in [2.75, 3.05) is 0 Å². The molecule has 3 heteroatoms. The summed E-state index contributed by atoms with van der Waals surface area (Å²) in [5.41, 5.74) is -1.08. The van der Waals surface area contributed by atoms with Crippen molar-refractivity contribution >= 4 is 28.4 Å². The molecular weight excluding hydrogens is 351 g/mol. The van der Waals surface area contributed by atoms with Gasteiger partial charge in [0, 0.05) is 0 Å². The fourth-order valence-electron chi connectivity index (χ4n) is 2.32. The van der Waals surface area contributed by atoms with Crippen LogP contribution in [0.15, 0.2) is 0 Å². The molecule has 0 saturated carbocycles. The maximum absolute atomic E-state index is 12.5. The molecule has 0 aromatic carbocycles. The summed E-state index contributed by atoms with van der Waals surface area (Å²) >= 11 is 2.21. The van der Waals surface area contributed by atoms with Crippen molar-refractivity contribution in [2.24, 2.45) is 5.92 Å². The highest BCUT2D eigenvalue weighted by Crippen LogP contribution is 2.29. The fraction of sp³-hybridized carbons (Fsp3) is 0.938. The maximum atomic E-state index is 12.5. The lowest BCUT2D eigenvalue weighted by atomic mass is 9.84. The van der Waals surface area contributed by atoms with Crippen LogP contribution in [0.5, 0.6) is 0 Å². The van der Waals surface area contributed by atoms with Gasteiger partial charge < -0.3 is 5.11 Å². The van der Waals surface area contributed by atoms with Gasteiger partial charge in [-0.1, -0.05) is 82.4 Å². The number of Topliss-reactive ketones (excluding diaryl/α,β-unsaturated/α-hetero) is 1. The van der Waals surface area contributed by atoms with Gasteiger partial charge in [-0.15, -0.1) is 0 Å². The minimum atomic E-state index is -1.08. The number of carbonyl (C=O) groups is 1. The van der Waals surface area contributed by atoms with E-state index in [0.717, 1.165) is 38.5 Å². The third-order valence-corrected chi connectivity index (χ3v) is 4.63. The Labute approximate surface area is 132 Å². The summed E-state index contributed by atoms with van der Waals surface area (Å²) in [6, 6.07) is 0. The summed E-state index contributed by atoms with van der Waals surface area (Å²) in [5.74, 6) is 0.559. The quantitative estimate of drug-likeness (QED) is 0.313. The molecule has 0 fully saturated rings. The lowest BCUT2D eigenvalue weighted by Gasteiger charge is -2.29. The number of ketones is 1. The molecule has 0 rings (SSSR count). The van der Waals surface area contributed by atoms with E-state index >= 15 is 0 Å². The number of hydrogen-bond acceptors (Lipinski definition) is 2. The summed E-state index contributed by atoms with van der Waals surface area (Å²) in [5, 5.41) is 10.8. The Hall–Kier alpha value is 0.360. The van der Waals surface area contributed by atoms with Crippen LogP contribution in [-0.4, -0.2) is 20.4 Å². The van der Waals surface area contributed by atoms with Crippen molar-refractivity contribution in [3.8, 4) is 0 Å². The Morgan fingerprint density at radius 3 is 2.11 bits per heavy atom. The zero-order valence-corrected chi connectivity index (χ0v) is 15.2. The van der Waals surface area contributed by atoms with Crippen LogP contribution in [0.25, 0.3) is 0 Å². The molecule has 2 nitrogen and oxygen atoms in total. The Kier molecular flexibility index (Phi) is 10.3. The Balaban J connectivity index is 4.64. The normalized spacial score (nSPS) is 16.4. The summed E-state index contributed by atoms with van der Waals surface area (Å²) in [6.07, 6.45) is 7.25. The van der Waals surface area contributed by atoms with Crippen LogP contribution in [0.3, 0.4) is 0 Å². The second-order valence-electron chi connectivity index (χ2n) is 6.05. The fourth-order valence-corrected chi connectivity index (χ4v) is 3.92. The van der Waals surface area contributed by atoms with Crippen LogP contribution in [0.2, 0.25) is 0 Å². The number of carbonyl (C=O) groups excluding carboxylic acids is 1. The van der Waals surface area contributed by atoms with E-state index in [4.69, 9.17) is 0 Å². The molecule has 1 unspecified atom stereocenters. The molecule has 0 saturated heterocycles. The number of aliphatic hydroxyl groups is 1. The molecule has 0 amide bonds. The van der Waals surface area contributed by atoms with Gasteiger partial charge in [0.15, 0.2) is 5.78 Å². The molecule has 114 valence electrons.